The van der Waals surface area contributed by atoms with Crippen molar-refractivity contribution < 1.29 is 20.1 Å². The number of pyridine rings is 2. The first-order chi connectivity index (χ1) is 17.9. The Balaban J connectivity index is 0.00000336. The molecule has 8 nitrogen and oxygen atoms in total. The molecule has 1 amide bonds. The van der Waals surface area contributed by atoms with E-state index in [0.717, 1.165) is 28.0 Å². The summed E-state index contributed by atoms with van der Waals surface area (Å²) in [5.74, 6) is 1.77. The van der Waals surface area contributed by atoms with Crippen LogP contribution in [-0.2, 0) is 13.5 Å². The van der Waals surface area contributed by atoms with Crippen molar-refractivity contribution in [2.75, 3.05) is 14.2 Å². The molecule has 0 aliphatic carbocycles. The van der Waals surface area contributed by atoms with Crippen molar-refractivity contribution in [1.29, 1.82) is 0 Å². The van der Waals surface area contributed by atoms with E-state index in [2.05, 4.69) is 15.3 Å². The van der Waals surface area contributed by atoms with Crippen LogP contribution in [0.5, 0.6) is 17.2 Å². The Morgan fingerprint density at radius 2 is 1.84 bits per heavy atom. The Labute approximate surface area is 214 Å². The van der Waals surface area contributed by atoms with E-state index in [1.807, 2.05) is 48.0 Å². The van der Waals surface area contributed by atoms with E-state index in [-0.39, 0.29) is 13.0 Å². The van der Waals surface area contributed by atoms with Crippen LogP contribution in [0.1, 0.15) is 23.3 Å². The Morgan fingerprint density at radius 1 is 1.03 bits per heavy atom. The van der Waals surface area contributed by atoms with Crippen molar-refractivity contribution in [3.8, 4) is 28.4 Å². The second kappa shape index (κ2) is 10.1. The maximum Gasteiger partial charge on any atom is 0.269 e. The van der Waals surface area contributed by atoms with Crippen LogP contribution in [0.4, 0.5) is 4.39 Å². The Bertz CT molecular complexity index is 1620. The highest BCUT2D eigenvalue weighted by Gasteiger charge is 2.14. The van der Waals surface area contributed by atoms with E-state index in [9.17, 15) is 9.18 Å². The number of aryl methyl sites for hydroxylation is 1. The van der Waals surface area contributed by atoms with E-state index in [0.29, 0.717) is 29.2 Å². The van der Waals surface area contributed by atoms with Crippen molar-refractivity contribution in [2.45, 2.75) is 6.42 Å². The number of halogens is 1. The summed E-state index contributed by atoms with van der Waals surface area (Å²) in [5, 5.41) is 2.55. The highest BCUT2D eigenvalue weighted by atomic mass is 19.1. The van der Waals surface area contributed by atoms with Gasteiger partial charge in [0.25, 0.3) is 5.91 Å². The molecule has 0 aliphatic rings. The molecule has 5 aromatic rings. The fourth-order valence-electron chi connectivity index (χ4n) is 4.16. The zero-order chi connectivity index (χ0) is 25.9. The van der Waals surface area contributed by atoms with Crippen LogP contribution in [0.15, 0.2) is 73.1 Å². The van der Waals surface area contributed by atoms with Gasteiger partial charge in [0.05, 0.1) is 18.1 Å². The quantitative estimate of drug-likeness (QED) is 0.311. The van der Waals surface area contributed by atoms with Crippen molar-refractivity contribution in [3.63, 3.8) is 0 Å². The van der Waals surface area contributed by atoms with Crippen LogP contribution in [0.25, 0.3) is 22.2 Å². The molecule has 0 fully saturated rings. The molecule has 2 aromatic carbocycles. The number of carbonyl (C=O) groups excluding carboxylic acids is 1. The molecule has 0 spiro atoms. The Morgan fingerprint density at radius 3 is 2.62 bits per heavy atom. The van der Waals surface area contributed by atoms with E-state index in [1.165, 1.54) is 18.5 Å². The van der Waals surface area contributed by atoms with Crippen LogP contribution in [0.2, 0.25) is 0 Å². The van der Waals surface area contributed by atoms with E-state index < -0.39 is 5.95 Å². The molecule has 0 bridgehead atoms. The number of ether oxygens (including phenoxy) is 2. The monoisotopic (exact) mass is 499 g/mol. The first kappa shape index (κ1) is 23.9. The van der Waals surface area contributed by atoms with E-state index in [1.54, 1.807) is 32.4 Å². The third kappa shape index (κ3) is 4.97. The molecule has 3 aromatic heterocycles. The predicted octanol–water partition coefficient (Wildman–Crippen LogP) is 5.17. The zero-order valence-corrected chi connectivity index (χ0v) is 20.5. The summed E-state index contributed by atoms with van der Waals surface area (Å²) in [5.41, 5.74) is 4.47. The number of carbonyl (C=O) groups is 1. The van der Waals surface area contributed by atoms with E-state index >= 15 is 0 Å². The number of amides is 1. The number of rotatable bonds is 7. The average Bonchev–Trinajstić information content (AvgIpc) is 3.22. The minimum Gasteiger partial charge on any atom is -0.496 e. The molecule has 0 saturated heterocycles. The molecule has 3 heterocycles. The van der Waals surface area contributed by atoms with Gasteiger partial charge in [-0.3, -0.25) is 9.78 Å². The first-order valence-electron chi connectivity index (χ1n) is 11.6. The molecule has 37 heavy (non-hydrogen) atoms. The van der Waals surface area contributed by atoms with Gasteiger partial charge in [-0.2, -0.15) is 4.39 Å². The van der Waals surface area contributed by atoms with Crippen molar-refractivity contribution in [2.24, 2.45) is 7.05 Å². The largest absolute Gasteiger partial charge is 0.496 e. The molecular formula is C28H26FN5O3. The van der Waals surface area contributed by atoms with Crippen molar-refractivity contribution >= 4 is 16.9 Å². The van der Waals surface area contributed by atoms with Gasteiger partial charge in [-0.1, -0.05) is 6.07 Å². The smallest absolute Gasteiger partial charge is 0.269 e. The Hall–Kier alpha value is -4.79. The fraction of sp³-hybridized carbons (Fsp3) is 0.143. The van der Waals surface area contributed by atoms with Gasteiger partial charge in [0.1, 0.15) is 28.8 Å². The number of hydrogen-bond acceptors (Lipinski definition) is 6. The lowest BCUT2D eigenvalue weighted by Gasteiger charge is -2.11. The lowest BCUT2D eigenvalue weighted by molar-refractivity contribution is 0.0958. The van der Waals surface area contributed by atoms with Crippen LogP contribution in [-0.4, -0.2) is 39.6 Å². The van der Waals surface area contributed by atoms with Gasteiger partial charge in [0.15, 0.2) is 0 Å². The van der Waals surface area contributed by atoms with Gasteiger partial charge < -0.3 is 19.4 Å². The number of methoxy groups -OCH3 is 1. The molecule has 0 unspecified atom stereocenters. The first-order valence-corrected chi connectivity index (χ1v) is 11.6. The number of fused-ring (bicyclic) bond motifs is 1. The minimum absolute atomic E-state index is 0. The zero-order valence-electron chi connectivity index (χ0n) is 20.5. The summed E-state index contributed by atoms with van der Waals surface area (Å²) >= 11 is 0. The summed E-state index contributed by atoms with van der Waals surface area (Å²) in [7, 11) is 5.11. The molecule has 0 saturated carbocycles. The highest BCUT2D eigenvalue weighted by Crippen LogP contribution is 2.32. The van der Waals surface area contributed by atoms with Crippen LogP contribution in [0, 0.1) is 5.95 Å². The maximum absolute atomic E-state index is 13.8. The standard InChI is InChI=1S/C28H24FN5O3.H2/c1-30-28(35)23-16-20(9-11-31-23)37-19-5-6-24-22(15-19)33-27(34(24)2)13-17-4-7-25(36-3)21(12-17)18-8-10-32-26(29)14-18;/h4-12,14-16H,13H2,1-3H3,(H,30,35);1H. The summed E-state index contributed by atoms with van der Waals surface area (Å²) in [6.45, 7) is 0. The normalized spacial score (nSPS) is 10.9. The maximum atomic E-state index is 13.8. The molecule has 0 radical (unpaired) electrons. The number of aromatic nitrogens is 4. The van der Waals surface area contributed by atoms with Crippen molar-refractivity contribution in [3.05, 3.63) is 96.1 Å². The van der Waals surface area contributed by atoms with Crippen LogP contribution in [0.3, 0.4) is 0 Å². The lowest BCUT2D eigenvalue weighted by Crippen LogP contribution is -2.18. The van der Waals surface area contributed by atoms with Gasteiger partial charge in [0, 0.05) is 58.1 Å². The second-order valence-electron chi connectivity index (χ2n) is 8.37. The SMILES string of the molecule is CNC(=O)c1cc(Oc2ccc3c(c2)nc(Cc2ccc(OC)c(-c4ccnc(F)c4)c2)n3C)ccn1.[HH]. The third-order valence-corrected chi connectivity index (χ3v) is 6.04. The van der Waals surface area contributed by atoms with Gasteiger partial charge in [-0.25, -0.2) is 9.97 Å². The summed E-state index contributed by atoms with van der Waals surface area (Å²) < 4.78 is 27.3. The molecule has 0 aliphatic heterocycles. The molecular weight excluding hydrogens is 473 g/mol. The van der Waals surface area contributed by atoms with Gasteiger partial charge in [0.2, 0.25) is 5.95 Å². The van der Waals surface area contributed by atoms with Crippen LogP contribution >= 0.6 is 0 Å². The number of benzene rings is 2. The molecule has 9 heteroatoms. The molecule has 5 rings (SSSR count). The summed E-state index contributed by atoms with van der Waals surface area (Å²) in [6, 6.07) is 17.9. The lowest BCUT2D eigenvalue weighted by atomic mass is 10.0. The fourth-order valence-corrected chi connectivity index (χ4v) is 4.16. The average molecular weight is 500 g/mol. The van der Waals surface area contributed by atoms with Crippen LogP contribution < -0.4 is 14.8 Å². The number of nitrogens with one attached hydrogen (secondary N) is 1. The summed E-state index contributed by atoms with van der Waals surface area (Å²) in [6.07, 6.45) is 3.53. The third-order valence-electron chi connectivity index (χ3n) is 6.04. The topological polar surface area (TPSA) is 91.2 Å². The Kier molecular flexibility index (Phi) is 6.51. The number of hydrogen-bond donors (Lipinski definition) is 1. The molecule has 0 atom stereocenters. The van der Waals surface area contributed by atoms with E-state index in [4.69, 9.17) is 14.5 Å². The highest BCUT2D eigenvalue weighted by molar-refractivity contribution is 5.92. The molecule has 1 N–H and O–H groups in total. The van der Waals surface area contributed by atoms with Gasteiger partial charge in [-0.05, 0) is 47.5 Å². The molecule has 188 valence electrons. The van der Waals surface area contributed by atoms with Gasteiger partial charge in [-0.15, -0.1) is 0 Å². The minimum atomic E-state index is -0.546. The van der Waals surface area contributed by atoms with Crippen molar-refractivity contribution in [1.82, 2.24) is 24.8 Å². The number of imidazole rings is 1. The predicted molar refractivity (Wildman–Crippen MR) is 140 cm³/mol. The van der Waals surface area contributed by atoms with Gasteiger partial charge >= 0.3 is 0 Å². The second-order valence-corrected chi connectivity index (χ2v) is 8.37. The summed E-state index contributed by atoms with van der Waals surface area (Å²) in [4.78, 5) is 24.4. The number of nitrogens with zero attached hydrogens (tertiary/aromatic N) is 4.